The fourth-order valence-electron chi connectivity index (χ4n) is 4.33. The van der Waals surface area contributed by atoms with E-state index in [1.165, 1.54) is 17.8 Å². The van der Waals surface area contributed by atoms with E-state index in [1.807, 2.05) is 12.1 Å². The van der Waals surface area contributed by atoms with Crippen LogP contribution in [0, 0.1) is 11.8 Å². The van der Waals surface area contributed by atoms with Crippen LogP contribution in [-0.2, 0) is 0 Å². The van der Waals surface area contributed by atoms with Gasteiger partial charge < -0.3 is 14.7 Å². The van der Waals surface area contributed by atoms with E-state index in [0.29, 0.717) is 30.8 Å². The third-order valence-corrected chi connectivity index (χ3v) is 5.81. The zero-order valence-electron chi connectivity index (χ0n) is 16.1. The molecule has 1 aliphatic heterocycles. The van der Waals surface area contributed by atoms with Crippen LogP contribution in [-0.4, -0.2) is 51.0 Å². The quantitative estimate of drug-likeness (QED) is 0.874. The maximum atomic E-state index is 12.6. The molecule has 1 aromatic carbocycles. The Labute approximate surface area is 163 Å². The highest BCUT2D eigenvalue weighted by Gasteiger charge is 2.43. The molecule has 4 rings (SSSR count). The summed E-state index contributed by atoms with van der Waals surface area (Å²) in [6, 6.07) is 9.36. The van der Waals surface area contributed by atoms with Crippen molar-refractivity contribution in [2.75, 3.05) is 13.1 Å². The normalized spacial score (nSPS) is 23.8. The van der Waals surface area contributed by atoms with Crippen molar-refractivity contribution in [3.05, 3.63) is 47.8 Å². The van der Waals surface area contributed by atoms with Crippen LogP contribution >= 0.6 is 0 Å². The minimum atomic E-state index is -1.13. The van der Waals surface area contributed by atoms with Crippen LogP contribution in [0.15, 0.2) is 36.5 Å². The number of benzene rings is 1. The number of hydrogen-bond donors (Lipinski definition) is 1. The fourth-order valence-corrected chi connectivity index (χ4v) is 4.33. The standard InChI is InChI=1S/C21H25N3O4/c1-13(2)14-4-3-5-17(8-14)28-18-9-15-11-23(12-16(15)10-18)21(27)24-7-6-19(22-24)20(25)26/h3-8,13,15-16,18H,9-12H2,1-2H3,(H,25,26)/t15-,16+,18?. The lowest BCUT2D eigenvalue weighted by molar-refractivity contribution is 0.0690. The zero-order chi connectivity index (χ0) is 19.8. The summed E-state index contributed by atoms with van der Waals surface area (Å²) >= 11 is 0. The van der Waals surface area contributed by atoms with Crippen LogP contribution in [0.5, 0.6) is 5.75 Å². The lowest BCUT2D eigenvalue weighted by atomic mass is 10.0. The largest absolute Gasteiger partial charge is 0.490 e. The Bertz CT molecular complexity index is 877. The van der Waals surface area contributed by atoms with Gasteiger partial charge in [-0.1, -0.05) is 26.0 Å². The second-order valence-electron chi connectivity index (χ2n) is 8.10. The molecule has 2 aromatic rings. The molecule has 1 aliphatic carbocycles. The second-order valence-corrected chi connectivity index (χ2v) is 8.10. The monoisotopic (exact) mass is 383 g/mol. The van der Waals surface area contributed by atoms with Crippen LogP contribution < -0.4 is 4.74 Å². The summed E-state index contributed by atoms with van der Waals surface area (Å²) in [5, 5.41) is 12.8. The van der Waals surface area contributed by atoms with Gasteiger partial charge in [-0.15, -0.1) is 0 Å². The highest BCUT2D eigenvalue weighted by atomic mass is 16.5. The first kappa shape index (κ1) is 18.5. The molecule has 148 valence electrons. The Hall–Kier alpha value is -2.83. The number of ether oxygens (including phenoxy) is 1. The summed E-state index contributed by atoms with van der Waals surface area (Å²) in [6.45, 7) is 5.67. The molecular formula is C21H25N3O4. The first-order valence-corrected chi connectivity index (χ1v) is 9.75. The van der Waals surface area contributed by atoms with Crippen molar-refractivity contribution in [1.29, 1.82) is 0 Å². The highest BCUT2D eigenvalue weighted by molar-refractivity contribution is 5.86. The molecule has 1 saturated heterocycles. The van der Waals surface area contributed by atoms with Gasteiger partial charge in [-0.05, 0) is 54.4 Å². The minimum absolute atomic E-state index is 0.121. The van der Waals surface area contributed by atoms with Gasteiger partial charge in [-0.3, -0.25) is 0 Å². The topological polar surface area (TPSA) is 84.7 Å². The number of aromatic carboxylic acids is 1. The summed E-state index contributed by atoms with van der Waals surface area (Å²) in [7, 11) is 0. The average Bonchev–Trinajstić information content (AvgIpc) is 3.36. The van der Waals surface area contributed by atoms with Gasteiger partial charge in [-0.2, -0.15) is 9.78 Å². The van der Waals surface area contributed by atoms with E-state index in [-0.39, 0.29) is 17.8 Å². The van der Waals surface area contributed by atoms with E-state index in [0.717, 1.165) is 23.3 Å². The first-order valence-electron chi connectivity index (χ1n) is 9.75. The fraction of sp³-hybridized carbons (Fsp3) is 0.476. The molecule has 0 bridgehead atoms. The van der Waals surface area contributed by atoms with E-state index < -0.39 is 5.97 Å². The Morgan fingerprint density at radius 1 is 1.18 bits per heavy atom. The third-order valence-electron chi connectivity index (χ3n) is 5.81. The third kappa shape index (κ3) is 3.61. The molecule has 1 amide bonds. The van der Waals surface area contributed by atoms with Crippen molar-refractivity contribution < 1.29 is 19.4 Å². The predicted molar refractivity (Wildman–Crippen MR) is 103 cm³/mol. The number of aromatic nitrogens is 2. The average molecular weight is 383 g/mol. The Morgan fingerprint density at radius 2 is 1.89 bits per heavy atom. The Morgan fingerprint density at radius 3 is 2.50 bits per heavy atom. The van der Waals surface area contributed by atoms with Gasteiger partial charge in [-0.25, -0.2) is 9.59 Å². The summed E-state index contributed by atoms with van der Waals surface area (Å²) in [6.07, 6.45) is 3.45. The molecule has 28 heavy (non-hydrogen) atoms. The number of fused-ring (bicyclic) bond motifs is 1. The lowest BCUT2D eigenvalue weighted by Crippen LogP contribution is -2.34. The summed E-state index contributed by atoms with van der Waals surface area (Å²) in [5.74, 6) is 1.08. The molecule has 2 fully saturated rings. The first-order chi connectivity index (χ1) is 13.4. The highest BCUT2D eigenvalue weighted by Crippen LogP contribution is 2.40. The van der Waals surface area contributed by atoms with Gasteiger partial charge in [0.15, 0.2) is 5.69 Å². The molecule has 0 radical (unpaired) electrons. The van der Waals surface area contributed by atoms with E-state index in [4.69, 9.17) is 9.84 Å². The molecule has 1 aromatic heterocycles. The molecule has 3 atom stereocenters. The molecule has 1 saturated carbocycles. The number of amides is 1. The summed E-state index contributed by atoms with van der Waals surface area (Å²) < 4.78 is 7.35. The van der Waals surface area contributed by atoms with Crippen molar-refractivity contribution in [1.82, 2.24) is 14.7 Å². The van der Waals surface area contributed by atoms with Crippen molar-refractivity contribution in [3.63, 3.8) is 0 Å². The molecule has 7 nitrogen and oxygen atoms in total. The van der Waals surface area contributed by atoms with Gasteiger partial charge in [0.05, 0.1) is 6.10 Å². The number of rotatable bonds is 4. The van der Waals surface area contributed by atoms with Crippen molar-refractivity contribution in [2.24, 2.45) is 11.8 Å². The van der Waals surface area contributed by atoms with Crippen LogP contribution in [0.1, 0.15) is 48.7 Å². The Balaban J connectivity index is 1.35. The number of carboxylic acids is 1. The van der Waals surface area contributed by atoms with Crippen molar-refractivity contribution in [3.8, 4) is 5.75 Å². The number of likely N-dealkylation sites (tertiary alicyclic amines) is 1. The maximum absolute atomic E-state index is 12.6. The molecule has 0 spiro atoms. The Kier molecular flexibility index (Phi) is 4.83. The SMILES string of the molecule is CC(C)c1cccc(OC2C[C@@H]3CN(C(=O)n4ccc(C(=O)O)n4)C[C@@H]3C2)c1. The van der Waals surface area contributed by atoms with E-state index in [2.05, 4.69) is 31.1 Å². The predicted octanol–water partition coefficient (Wildman–Crippen LogP) is 3.46. The molecule has 7 heteroatoms. The number of carbonyl (C=O) groups is 2. The van der Waals surface area contributed by atoms with Crippen LogP contribution in [0.25, 0.3) is 0 Å². The van der Waals surface area contributed by atoms with Gasteiger partial charge in [0.25, 0.3) is 0 Å². The number of carboxylic acid groups (broad SMARTS) is 1. The minimum Gasteiger partial charge on any atom is -0.490 e. The number of hydrogen-bond acceptors (Lipinski definition) is 4. The molecule has 2 heterocycles. The van der Waals surface area contributed by atoms with Crippen molar-refractivity contribution >= 4 is 12.0 Å². The lowest BCUT2D eigenvalue weighted by Gasteiger charge is -2.20. The molecule has 1 N–H and O–H groups in total. The zero-order valence-corrected chi connectivity index (χ0v) is 16.1. The smallest absolute Gasteiger partial charge is 0.356 e. The maximum Gasteiger partial charge on any atom is 0.356 e. The van der Waals surface area contributed by atoms with Gasteiger partial charge in [0, 0.05) is 19.3 Å². The number of nitrogens with zero attached hydrogens (tertiary/aromatic N) is 3. The summed E-state index contributed by atoms with van der Waals surface area (Å²) in [5.41, 5.74) is 1.15. The molecule has 2 aliphatic rings. The second kappa shape index (κ2) is 7.30. The van der Waals surface area contributed by atoms with E-state index >= 15 is 0 Å². The number of carbonyl (C=O) groups excluding carboxylic acids is 1. The van der Waals surface area contributed by atoms with Crippen LogP contribution in [0.3, 0.4) is 0 Å². The summed E-state index contributed by atoms with van der Waals surface area (Å²) in [4.78, 5) is 25.3. The molecular weight excluding hydrogens is 358 g/mol. The van der Waals surface area contributed by atoms with Gasteiger partial charge >= 0.3 is 12.0 Å². The molecule has 1 unspecified atom stereocenters. The van der Waals surface area contributed by atoms with E-state index in [9.17, 15) is 9.59 Å². The van der Waals surface area contributed by atoms with E-state index in [1.54, 1.807) is 4.90 Å². The van der Waals surface area contributed by atoms with Crippen LogP contribution in [0.4, 0.5) is 4.79 Å². The van der Waals surface area contributed by atoms with Gasteiger partial charge in [0.1, 0.15) is 5.75 Å². The van der Waals surface area contributed by atoms with Crippen molar-refractivity contribution in [2.45, 2.75) is 38.7 Å². The van der Waals surface area contributed by atoms with Gasteiger partial charge in [0.2, 0.25) is 0 Å². The van der Waals surface area contributed by atoms with Crippen LogP contribution in [0.2, 0.25) is 0 Å².